The van der Waals surface area contributed by atoms with Gasteiger partial charge in [0.25, 0.3) is 0 Å². The Morgan fingerprint density at radius 3 is 2.96 bits per heavy atom. The maximum absolute atomic E-state index is 13.0. The van der Waals surface area contributed by atoms with Gasteiger partial charge >= 0.3 is 0 Å². The molecule has 27 heavy (non-hydrogen) atoms. The number of aromatic nitrogens is 5. The SMILES string of the molecule is CC(C)c1nnc2n1C(C)(C(=O)NCCc1nc3ccccc3[nH]1)COC2. The molecular formula is C19H24N6O2. The Morgan fingerprint density at radius 1 is 1.37 bits per heavy atom. The number of carbonyl (C=O) groups excluding carboxylic acids is 1. The van der Waals surface area contributed by atoms with Gasteiger partial charge in [-0.05, 0) is 19.1 Å². The van der Waals surface area contributed by atoms with E-state index in [1.54, 1.807) is 0 Å². The summed E-state index contributed by atoms with van der Waals surface area (Å²) in [5.41, 5.74) is 1.08. The van der Waals surface area contributed by atoms with Crippen LogP contribution < -0.4 is 5.32 Å². The molecule has 0 saturated heterocycles. The van der Waals surface area contributed by atoms with Crippen LogP contribution in [-0.2, 0) is 28.1 Å². The molecule has 8 heteroatoms. The Morgan fingerprint density at radius 2 is 2.19 bits per heavy atom. The number of hydrogen-bond acceptors (Lipinski definition) is 5. The molecule has 4 rings (SSSR count). The predicted molar refractivity (Wildman–Crippen MR) is 100 cm³/mol. The van der Waals surface area contributed by atoms with Gasteiger partial charge in [-0.2, -0.15) is 0 Å². The van der Waals surface area contributed by atoms with Gasteiger partial charge in [0.15, 0.2) is 5.82 Å². The molecule has 0 bridgehead atoms. The van der Waals surface area contributed by atoms with Crippen molar-refractivity contribution in [2.45, 2.75) is 45.3 Å². The lowest BCUT2D eigenvalue weighted by atomic mass is 9.99. The molecule has 0 aliphatic carbocycles. The predicted octanol–water partition coefficient (Wildman–Crippen LogP) is 1.88. The molecule has 2 aromatic heterocycles. The molecule has 1 aliphatic heterocycles. The largest absolute Gasteiger partial charge is 0.370 e. The maximum atomic E-state index is 13.0. The second kappa shape index (κ2) is 6.77. The van der Waals surface area contributed by atoms with Crippen LogP contribution in [0.25, 0.3) is 11.0 Å². The van der Waals surface area contributed by atoms with Gasteiger partial charge in [-0.1, -0.05) is 26.0 Å². The van der Waals surface area contributed by atoms with Crippen molar-refractivity contribution in [3.63, 3.8) is 0 Å². The summed E-state index contributed by atoms with van der Waals surface area (Å²) in [4.78, 5) is 20.8. The second-order valence-electron chi connectivity index (χ2n) is 7.44. The van der Waals surface area contributed by atoms with Crippen molar-refractivity contribution < 1.29 is 9.53 Å². The van der Waals surface area contributed by atoms with E-state index >= 15 is 0 Å². The average Bonchev–Trinajstić information content (AvgIpc) is 3.26. The summed E-state index contributed by atoms with van der Waals surface area (Å²) in [6, 6.07) is 7.89. The van der Waals surface area contributed by atoms with E-state index in [2.05, 4.69) is 25.5 Å². The number of fused-ring (bicyclic) bond motifs is 2. The van der Waals surface area contributed by atoms with Crippen LogP contribution in [0, 0.1) is 0 Å². The Hall–Kier alpha value is -2.74. The molecule has 3 aromatic rings. The van der Waals surface area contributed by atoms with E-state index in [4.69, 9.17) is 4.74 Å². The summed E-state index contributed by atoms with van der Waals surface area (Å²) in [6.45, 7) is 7.14. The number of aromatic amines is 1. The number of amides is 1. The lowest BCUT2D eigenvalue weighted by Gasteiger charge is -2.35. The van der Waals surface area contributed by atoms with Crippen molar-refractivity contribution >= 4 is 16.9 Å². The fourth-order valence-corrected chi connectivity index (χ4v) is 3.52. The third kappa shape index (κ3) is 3.10. The second-order valence-corrected chi connectivity index (χ2v) is 7.44. The van der Waals surface area contributed by atoms with E-state index < -0.39 is 5.54 Å². The first-order chi connectivity index (χ1) is 13.0. The fourth-order valence-electron chi connectivity index (χ4n) is 3.52. The Kier molecular flexibility index (Phi) is 4.43. The molecule has 142 valence electrons. The number of hydrogen-bond donors (Lipinski definition) is 2. The van der Waals surface area contributed by atoms with E-state index in [1.807, 2.05) is 49.6 Å². The molecule has 1 aromatic carbocycles. The monoisotopic (exact) mass is 368 g/mol. The van der Waals surface area contributed by atoms with E-state index in [0.29, 0.717) is 32.0 Å². The average molecular weight is 368 g/mol. The molecule has 1 unspecified atom stereocenters. The van der Waals surface area contributed by atoms with E-state index in [-0.39, 0.29) is 11.8 Å². The van der Waals surface area contributed by atoms with E-state index in [9.17, 15) is 4.79 Å². The minimum absolute atomic E-state index is 0.0961. The topological polar surface area (TPSA) is 97.7 Å². The summed E-state index contributed by atoms with van der Waals surface area (Å²) in [5, 5.41) is 11.5. The first-order valence-electron chi connectivity index (χ1n) is 9.23. The number of nitrogens with one attached hydrogen (secondary N) is 2. The highest BCUT2D eigenvalue weighted by Crippen LogP contribution is 2.29. The molecule has 1 aliphatic rings. The number of H-pyrrole nitrogens is 1. The Bertz CT molecular complexity index is 943. The van der Waals surface area contributed by atoms with Gasteiger partial charge in [-0.25, -0.2) is 4.98 Å². The number of nitrogens with zero attached hydrogens (tertiary/aromatic N) is 4. The number of benzene rings is 1. The normalized spacial score (nSPS) is 19.4. The van der Waals surface area contributed by atoms with Crippen LogP contribution in [0.5, 0.6) is 0 Å². The highest BCUT2D eigenvalue weighted by Gasteiger charge is 2.42. The highest BCUT2D eigenvalue weighted by atomic mass is 16.5. The van der Waals surface area contributed by atoms with Crippen LogP contribution in [0.3, 0.4) is 0 Å². The minimum Gasteiger partial charge on any atom is -0.370 e. The van der Waals surface area contributed by atoms with Crippen LogP contribution in [0.1, 0.15) is 44.2 Å². The van der Waals surface area contributed by atoms with Gasteiger partial charge in [-0.3, -0.25) is 9.36 Å². The lowest BCUT2D eigenvalue weighted by Crippen LogP contribution is -2.53. The molecular weight excluding hydrogens is 344 g/mol. The zero-order valence-corrected chi connectivity index (χ0v) is 15.8. The minimum atomic E-state index is -0.857. The van der Waals surface area contributed by atoms with E-state index in [1.165, 1.54) is 0 Å². The molecule has 0 fully saturated rings. The van der Waals surface area contributed by atoms with Gasteiger partial charge in [0.2, 0.25) is 5.91 Å². The fraction of sp³-hybridized carbons (Fsp3) is 0.474. The van der Waals surface area contributed by atoms with Crippen molar-refractivity contribution in [3.05, 3.63) is 41.7 Å². The van der Waals surface area contributed by atoms with Gasteiger partial charge < -0.3 is 15.0 Å². The zero-order valence-electron chi connectivity index (χ0n) is 15.8. The quantitative estimate of drug-likeness (QED) is 0.717. The Labute approximate surface area is 157 Å². The molecule has 2 N–H and O–H groups in total. The van der Waals surface area contributed by atoms with Crippen LogP contribution >= 0.6 is 0 Å². The number of ether oxygens (including phenoxy) is 1. The van der Waals surface area contributed by atoms with Gasteiger partial charge in [0.05, 0.1) is 17.6 Å². The maximum Gasteiger partial charge on any atom is 0.248 e. The molecule has 0 spiro atoms. The summed E-state index contributed by atoms with van der Waals surface area (Å²) >= 11 is 0. The molecule has 1 atom stereocenters. The Balaban J connectivity index is 1.48. The zero-order chi connectivity index (χ0) is 19.0. The molecule has 3 heterocycles. The van der Waals surface area contributed by atoms with Crippen molar-refractivity contribution in [1.82, 2.24) is 30.0 Å². The number of rotatable bonds is 5. The first kappa shape index (κ1) is 17.7. The van der Waals surface area contributed by atoms with Gasteiger partial charge in [-0.15, -0.1) is 10.2 Å². The summed E-state index contributed by atoms with van der Waals surface area (Å²) in [7, 11) is 0. The van der Waals surface area contributed by atoms with Crippen molar-refractivity contribution in [2.24, 2.45) is 0 Å². The van der Waals surface area contributed by atoms with Crippen molar-refractivity contribution in [2.75, 3.05) is 13.2 Å². The van der Waals surface area contributed by atoms with E-state index in [0.717, 1.165) is 22.7 Å². The standard InChI is InChI=1S/C19H24N6O2/c1-12(2)17-24-23-16-10-27-11-19(3,25(16)17)18(26)20-9-8-15-21-13-6-4-5-7-14(13)22-15/h4-7,12H,8-11H2,1-3H3,(H,20,26)(H,21,22). The van der Waals surface area contributed by atoms with Gasteiger partial charge in [0, 0.05) is 18.9 Å². The highest BCUT2D eigenvalue weighted by molar-refractivity contribution is 5.84. The molecule has 1 amide bonds. The number of carbonyl (C=O) groups is 1. The molecule has 0 radical (unpaired) electrons. The smallest absolute Gasteiger partial charge is 0.248 e. The van der Waals surface area contributed by atoms with Crippen LogP contribution in [0.2, 0.25) is 0 Å². The summed E-state index contributed by atoms with van der Waals surface area (Å²) < 4.78 is 7.57. The van der Waals surface area contributed by atoms with Crippen molar-refractivity contribution in [1.29, 1.82) is 0 Å². The third-order valence-electron chi connectivity index (χ3n) is 4.95. The number of para-hydroxylation sites is 2. The third-order valence-corrected chi connectivity index (χ3v) is 4.95. The lowest BCUT2D eigenvalue weighted by molar-refractivity contribution is -0.135. The molecule has 0 saturated carbocycles. The van der Waals surface area contributed by atoms with Crippen LogP contribution in [0.4, 0.5) is 0 Å². The molecule has 8 nitrogen and oxygen atoms in total. The van der Waals surface area contributed by atoms with Gasteiger partial charge in [0.1, 0.15) is 23.8 Å². The van der Waals surface area contributed by atoms with Crippen LogP contribution in [-0.4, -0.2) is 43.8 Å². The summed E-state index contributed by atoms with van der Waals surface area (Å²) in [5.74, 6) is 2.44. The number of imidazole rings is 1. The first-order valence-corrected chi connectivity index (χ1v) is 9.23. The van der Waals surface area contributed by atoms with Crippen molar-refractivity contribution in [3.8, 4) is 0 Å². The van der Waals surface area contributed by atoms with Crippen LogP contribution in [0.15, 0.2) is 24.3 Å². The summed E-state index contributed by atoms with van der Waals surface area (Å²) in [6.07, 6.45) is 0.628.